The average Bonchev–Trinajstić information content (AvgIpc) is 2.75. The lowest BCUT2D eigenvalue weighted by Crippen LogP contribution is -2.17. The molecule has 0 fully saturated rings. The molecule has 88 valence electrons. The van der Waals surface area contributed by atoms with E-state index >= 15 is 0 Å². The Morgan fingerprint density at radius 1 is 1.47 bits per heavy atom. The van der Waals surface area contributed by atoms with Crippen LogP contribution in [-0.2, 0) is 7.05 Å². The highest BCUT2D eigenvalue weighted by Crippen LogP contribution is 2.36. The molecule has 1 N–H and O–H groups in total. The summed E-state index contributed by atoms with van der Waals surface area (Å²) in [5.41, 5.74) is 3.22. The Bertz CT molecular complexity index is 547. The monoisotopic (exact) mass is 231 g/mol. The Balaban J connectivity index is 2.07. The molecule has 3 rings (SSSR count). The van der Waals surface area contributed by atoms with Gasteiger partial charge in [0, 0.05) is 31.4 Å². The van der Waals surface area contributed by atoms with Gasteiger partial charge in [-0.2, -0.15) is 5.10 Å². The van der Waals surface area contributed by atoms with Crippen molar-refractivity contribution in [1.82, 2.24) is 9.78 Å². The lowest BCUT2D eigenvalue weighted by Gasteiger charge is -2.26. The van der Waals surface area contributed by atoms with Gasteiger partial charge in [0.25, 0.3) is 0 Å². The number of nitrogens with one attached hydrogen (secondary N) is 1. The van der Waals surface area contributed by atoms with E-state index in [0.29, 0.717) is 0 Å². The number of anilines is 1. The van der Waals surface area contributed by atoms with Gasteiger partial charge in [-0.05, 0) is 35.7 Å². The highest BCUT2D eigenvalue weighted by Gasteiger charge is 2.23. The second kappa shape index (κ2) is 3.87. The molecule has 4 heteroatoms. The summed E-state index contributed by atoms with van der Waals surface area (Å²) in [6.07, 6.45) is 4.84. The van der Waals surface area contributed by atoms with E-state index in [4.69, 9.17) is 0 Å². The molecule has 0 amide bonds. The van der Waals surface area contributed by atoms with Crippen LogP contribution in [0, 0.1) is 5.82 Å². The maximum absolute atomic E-state index is 13.3. The maximum atomic E-state index is 13.3. The zero-order chi connectivity index (χ0) is 11.8. The second-order valence-corrected chi connectivity index (χ2v) is 4.45. The van der Waals surface area contributed by atoms with Crippen LogP contribution in [0.4, 0.5) is 10.1 Å². The molecular weight excluding hydrogens is 217 g/mol. The van der Waals surface area contributed by atoms with E-state index in [0.717, 1.165) is 29.8 Å². The number of nitrogens with zero attached hydrogens (tertiary/aromatic N) is 2. The van der Waals surface area contributed by atoms with Crippen molar-refractivity contribution in [2.75, 3.05) is 11.9 Å². The minimum absolute atomic E-state index is 0.179. The zero-order valence-corrected chi connectivity index (χ0v) is 9.65. The third-order valence-corrected chi connectivity index (χ3v) is 3.26. The minimum atomic E-state index is -0.179. The molecule has 1 aliphatic rings. The van der Waals surface area contributed by atoms with Gasteiger partial charge >= 0.3 is 0 Å². The number of benzene rings is 1. The minimum Gasteiger partial charge on any atom is -0.385 e. The lowest BCUT2D eigenvalue weighted by atomic mass is 9.87. The predicted molar refractivity (Wildman–Crippen MR) is 64.6 cm³/mol. The normalized spacial score (nSPS) is 18.6. The van der Waals surface area contributed by atoms with Crippen molar-refractivity contribution in [1.29, 1.82) is 0 Å². The second-order valence-electron chi connectivity index (χ2n) is 4.45. The molecule has 0 spiro atoms. The first kappa shape index (κ1) is 10.3. The fourth-order valence-corrected chi connectivity index (χ4v) is 2.46. The quantitative estimate of drug-likeness (QED) is 0.817. The van der Waals surface area contributed by atoms with Crippen molar-refractivity contribution in [2.24, 2.45) is 7.05 Å². The number of rotatable bonds is 1. The number of aryl methyl sites for hydroxylation is 1. The highest BCUT2D eigenvalue weighted by molar-refractivity contribution is 5.57. The summed E-state index contributed by atoms with van der Waals surface area (Å²) in [5, 5.41) is 7.49. The average molecular weight is 231 g/mol. The SMILES string of the molecule is Cn1cc(C2CCNc3ccc(F)cc32)cn1. The van der Waals surface area contributed by atoms with Crippen LogP contribution in [0.1, 0.15) is 23.5 Å². The van der Waals surface area contributed by atoms with Gasteiger partial charge in [0.15, 0.2) is 0 Å². The highest BCUT2D eigenvalue weighted by atomic mass is 19.1. The van der Waals surface area contributed by atoms with Crippen LogP contribution in [0.15, 0.2) is 30.6 Å². The van der Waals surface area contributed by atoms with Crippen molar-refractivity contribution >= 4 is 5.69 Å². The fraction of sp³-hybridized carbons (Fsp3) is 0.308. The Kier molecular flexibility index (Phi) is 2.35. The van der Waals surface area contributed by atoms with E-state index in [1.165, 1.54) is 6.07 Å². The zero-order valence-electron chi connectivity index (χ0n) is 9.65. The maximum Gasteiger partial charge on any atom is 0.123 e. The molecule has 0 aliphatic carbocycles. The number of fused-ring (bicyclic) bond motifs is 1. The lowest BCUT2D eigenvalue weighted by molar-refractivity contribution is 0.618. The summed E-state index contributed by atoms with van der Waals surface area (Å²) >= 11 is 0. The molecule has 0 bridgehead atoms. The van der Waals surface area contributed by atoms with Crippen molar-refractivity contribution in [3.8, 4) is 0 Å². The molecule has 1 aromatic carbocycles. The molecule has 1 atom stereocenters. The summed E-state index contributed by atoms with van der Waals surface area (Å²) < 4.78 is 15.1. The number of hydrogen-bond donors (Lipinski definition) is 1. The molecule has 0 radical (unpaired) electrons. The van der Waals surface area contributed by atoms with Gasteiger partial charge in [-0.15, -0.1) is 0 Å². The summed E-state index contributed by atoms with van der Waals surface area (Å²) in [6.45, 7) is 0.915. The van der Waals surface area contributed by atoms with Gasteiger partial charge in [-0.25, -0.2) is 4.39 Å². The van der Waals surface area contributed by atoms with Gasteiger partial charge in [0.05, 0.1) is 6.20 Å². The van der Waals surface area contributed by atoms with Crippen LogP contribution >= 0.6 is 0 Å². The van der Waals surface area contributed by atoms with Gasteiger partial charge in [0.2, 0.25) is 0 Å². The van der Waals surface area contributed by atoms with Gasteiger partial charge in [0.1, 0.15) is 5.82 Å². The van der Waals surface area contributed by atoms with Crippen LogP contribution < -0.4 is 5.32 Å². The van der Waals surface area contributed by atoms with Crippen LogP contribution in [0.2, 0.25) is 0 Å². The predicted octanol–water partition coefficient (Wildman–Crippen LogP) is 2.51. The number of halogens is 1. The molecule has 0 saturated carbocycles. The molecule has 17 heavy (non-hydrogen) atoms. The van der Waals surface area contributed by atoms with Crippen LogP contribution in [0.25, 0.3) is 0 Å². The van der Waals surface area contributed by atoms with Crippen molar-refractivity contribution < 1.29 is 4.39 Å². The van der Waals surface area contributed by atoms with Crippen molar-refractivity contribution in [3.63, 3.8) is 0 Å². The van der Waals surface area contributed by atoms with Crippen molar-refractivity contribution in [2.45, 2.75) is 12.3 Å². The smallest absolute Gasteiger partial charge is 0.123 e. The van der Waals surface area contributed by atoms with E-state index < -0.39 is 0 Å². The Labute approximate surface area is 99.3 Å². The molecule has 1 aliphatic heterocycles. The van der Waals surface area contributed by atoms with E-state index in [1.54, 1.807) is 10.7 Å². The van der Waals surface area contributed by atoms with Gasteiger partial charge in [-0.3, -0.25) is 4.68 Å². The fourth-order valence-electron chi connectivity index (χ4n) is 2.46. The summed E-state index contributed by atoms with van der Waals surface area (Å²) in [7, 11) is 1.90. The number of hydrogen-bond acceptors (Lipinski definition) is 2. The first-order valence-corrected chi connectivity index (χ1v) is 5.76. The van der Waals surface area contributed by atoms with Crippen molar-refractivity contribution in [3.05, 3.63) is 47.5 Å². The Hall–Kier alpha value is -1.84. The molecular formula is C13H14FN3. The first-order chi connectivity index (χ1) is 8.24. The molecule has 1 unspecified atom stereocenters. The van der Waals surface area contributed by atoms with Crippen LogP contribution in [0.3, 0.4) is 0 Å². The topological polar surface area (TPSA) is 29.9 Å². The summed E-state index contributed by atoms with van der Waals surface area (Å²) in [4.78, 5) is 0. The Morgan fingerprint density at radius 3 is 3.12 bits per heavy atom. The van der Waals surface area contributed by atoms with Crippen LogP contribution in [-0.4, -0.2) is 16.3 Å². The molecule has 3 nitrogen and oxygen atoms in total. The van der Waals surface area contributed by atoms with Gasteiger partial charge in [-0.1, -0.05) is 0 Å². The molecule has 1 aromatic heterocycles. The molecule has 0 saturated heterocycles. The van der Waals surface area contributed by atoms with E-state index in [1.807, 2.05) is 25.5 Å². The molecule has 2 heterocycles. The van der Waals surface area contributed by atoms with Gasteiger partial charge < -0.3 is 5.32 Å². The van der Waals surface area contributed by atoms with E-state index in [-0.39, 0.29) is 11.7 Å². The standard InChI is InChI=1S/C13H14FN3/c1-17-8-9(7-16-17)11-4-5-15-13-3-2-10(14)6-12(11)13/h2-3,6-8,11,15H,4-5H2,1H3. The summed E-state index contributed by atoms with van der Waals surface area (Å²) in [6, 6.07) is 4.93. The third kappa shape index (κ3) is 1.79. The summed E-state index contributed by atoms with van der Waals surface area (Å²) in [5.74, 6) is 0.0667. The van der Waals surface area contributed by atoms with Crippen LogP contribution in [0.5, 0.6) is 0 Å². The number of aromatic nitrogens is 2. The molecule has 2 aromatic rings. The third-order valence-electron chi connectivity index (χ3n) is 3.26. The Morgan fingerprint density at radius 2 is 2.35 bits per heavy atom. The van der Waals surface area contributed by atoms with E-state index in [9.17, 15) is 4.39 Å². The first-order valence-electron chi connectivity index (χ1n) is 5.76. The van der Waals surface area contributed by atoms with E-state index in [2.05, 4.69) is 10.4 Å². The largest absolute Gasteiger partial charge is 0.385 e.